The number of halogens is 1. The summed E-state index contributed by atoms with van der Waals surface area (Å²) in [5.74, 6) is 0.271. The molecule has 0 saturated carbocycles. The van der Waals surface area contributed by atoms with Crippen molar-refractivity contribution in [2.24, 2.45) is 5.92 Å². The molecule has 0 aliphatic rings. The van der Waals surface area contributed by atoms with Crippen molar-refractivity contribution in [1.82, 2.24) is 10.3 Å². The van der Waals surface area contributed by atoms with Crippen molar-refractivity contribution in [2.75, 3.05) is 6.54 Å². The van der Waals surface area contributed by atoms with Gasteiger partial charge in [0.1, 0.15) is 5.82 Å². The van der Waals surface area contributed by atoms with Crippen LogP contribution in [0, 0.1) is 11.7 Å². The number of hydrogen-bond donors (Lipinski definition) is 1. The van der Waals surface area contributed by atoms with E-state index in [0.717, 1.165) is 30.6 Å². The summed E-state index contributed by atoms with van der Waals surface area (Å²) in [7, 11) is 0. The van der Waals surface area contributed by atoms with Crippen LogP contribution in [-0.4, -0.2) is 17.6 Å². The van der Waals surface area contributed by atoms with E-state index in [4.69, 9.17) is 0 Å². The Kier molecular flexibility index (Phi) is 5.68. The van der Waals surface area contributed by atoms with E-state index in [9.17, 15) is 4.39 Å². The number of benzene rings is 1. The van der Waals surface area contributed by atoms with E-state index in [2.05, 4.69) is 29.5 Å². The smallest absolute Gasteiger partial charge is 0.123 e. The molecule has 0 radical (unpaired) electrons. The van der Waals surface area contributed by atoms with Crippen LogP contribution in [0.4, 0.5) is 4.39 Å². The third-order valence-corrected chi connectivity index (χ3v) is 3.84. The van der Waals surface area contributed by atoms with Crippen LogP contribution in [0.15, 0.2) is 35.2 Å². The second-order valence-electron chi connectivity index (χ2n) is 5.45. The van der Waals surface area contributed by atoms with E-state index in [1.54, 1.807) is 23.5 Å². The van der Waals surface area contributed by atoms with Crippen LogP contribution in [0.1, 0.15) is 25.1 Å². The van der Waals surface area contributed by atoms with Gasteiger partial charge < -0.3 is 5.32 Å². The molecule has 20 heavy (non-hydrogen) atoms. The Balaban J connectivity index is 2.01. The standard InChI is InChI=1S/C16H21FN2S/c1-12(2)18-9-14(8-16-10-20-11-19-16)6-13-4-3-5-15(17)7-13/h3-5,7,10-12,14,18H,6,8-9H2,1-2H3. The Morgan fingerprint density at radius 3 is 2.80 bits per heavy atom. The summed E-state index contributed by atoms with van der Waals surface area (Å²) in [4.78, 5) is 4.36. The molecule has 2 nitrogen and oxygen atoms in total. The largest absolute Gasteiger partial charge is 0.314 e. The van der Waals surface area contributed by atoms with Gasteiger partial charge in [-0.05, 0) is 43.0 Å². The zero-order valence-electron chi connectivity index (χ0n) is 12.0. The molecule has 1 atom stereocenters. The fourth-order valence-corrected chi connectivity index (χ4v) is 2.82. The molecule has 0 saturated heterocycles. The van der Waals surface area contributed by atoms with Crippen LogP contribution in [0.2, 0.25) is 0 Å². The van der Waals surface area contributed by atoms with Crippen molar-refractivity contribution in [3.8, 4) is 0 Å². The monoisotopic (exact) mass is 292 g/mol. The third-order valence-electron chi connectivity index (χ3n) is 3.21. The quantitative estimate of drug-likeness (QED) is 0.842. The number of aromatic nitrogens is 1. The van der Waals surface area contributed by atoms with Crippen LogP contribution < -0.4 is 5.32 Å². The van der Waals surface area contributed by atoms with Crippen molar-refractivity contribution in [3.63, 3.8) is 0 Å². The van der Waals surface area contributed by atoms with Crippen LogP contribution in [-0.2, 0) is 12.8 Å². The molecule has 0 aliphatic carbocycles. The Bertz CT molecular complexity index is 511. The minimum Gasteiger partial charge on any atom is -0.314 e. The van der Waals surface area contributed by atoms with Gasteiger partial charge in [0.15, 0.2) is 0 Å². The van der Waals surface area contributed by atoms with Gasteiger partial charge in [0.2, 0.25) is 0 Å². The first kappa shape index (κ1) is 15.1. The van der Waals surface area contributed by atoms with Crippen molar-refractivity contribution < 1.29 is 4.39 Å². The number of rotatable bonds is 7. The first-order chi connectivity index (χ1) is 9.63. The van der Waals surface area contributed by atoms with E-state index in [1.807, 2.05) is 11.6 Å². The van der Waals surface area contributed by atoms with Crippen molar-refractivity contribution in [3.05, 3.63) is 52.2 Å². The highest BCUT2D eigenvalue weighted by Crippen LogP contribution is 2.15. The average Bonchev–Trinajstić information content (AvgIpc) is 2.89. The Morgan fingerprint density at radius 2 is 2.15 bits per heavy atom. The first-order valence-corrected chi connectivity index (χ1v) is 7.92. The minimum absolute atomic E-state index is 0.160. The first-order valence-electron chi connectivity index (χ1n) is 6.98. The minimum atomic E-state index is -0.160. The molecule has 1 aromatic carbocycles. The topological polar surface area (TPSA) is 24.9 Å². The van der Waals surface area contributed by atoms with Gasteiger partial charge in [0, 0.05) is 11.4 Å². The average molecular weight is 292 g/mol. The fraction of sp³-hybridized carbons (Fsp3) is 0.438. The van der Waals surface area contributed by atoms with Gasteiger partial charge in [0.05, 0.1) is 11.2 Å². The summed E-state index contributed by atoms with van der Waals surface area (Å²) in [6.07, 6.45) is 1.80. The van der Waals surface area contributed by atoms with E-state index in [-0.39, 0.29) is 5.82 Å². The summed E-state index contributed by atoms with van der Waals surface area (Å²) in [5.41, 5.74) is 4.04. The lowest BCUT2D eigenvalue weighted by Gasteiger charge is -2.18. The predicted octanol–water partition coefficient (Wildman–Crippen LogP) is 3.68. The molecule has 2 aromatic rings. The fourth-order valence-electron chi connectivity index (χ4n) is 2.25. The van der Waals surface area contributed by atoms with Crippen LogP contribution in [0.25, 0.3) is 0 Å². The SMILES string of the molecule is CC(C)NCC(Cc1cccc(F)c1)Cc1cscn1. The van der Waals surface area contributed by atoms with Gasteiger partial charge in [-0.3, -0.25) is 0 Å². The van der Waals surface area contributed by atoms with Gasteiger partial charge >= 0.3 is 0 Å². The molecule has 4 heteroatoms. The molecule has 1 unspecified atom stereocenters. The Labute approximate surface area is 124 Å². The summed E-state index contributed by atoms with van der Waals surface area (Å²) >= 11 is 1.62. The lowest BCUT2D eigenvalue weighted by Crippen LogP contribution is -2.31. The van der Waals surface area contributed by atoms with Crippen LogP contribution in [0.3, 0.4) is 0 Å². The Morgan fingerprint density at radius 1 is 1.30 bits per heavy atom. The van der Waals surface area contributed by atoms with E-state index < -0.39 is 0 Å². The lowest BCUT2D eigenvalue weighted by molar-refractivity contribution is 0.441. The predicted molar refractivity (Wildman–Crippen MR) is 82.6 cm³/mol. The number of thiazole rings is 1. The molecule has 0 amide bonds. The van der Waals surface area contributed by atoms with Gasteiger partial charge in [-0.1, -0.05) is 26.0 Å². The van der Waals surface area contributed by atoms with E-state index in [1.165, 1.54) is 6.07 Å². The summed E-state index contributed by atoms with van der Waals surface area (Å²) in [6, 6.07) is 7.35. The van der Waals surface area contributed by atoms with Crippen LogP contribution >= 0.6 is 11.3 Å². The number of nitrogens with zero attached hydrogens (tertiary/aromatic N) is 1. The summed E-state index contributed by atoms with van der Waals surface area (Å²) in [5, 5.41) is 5.57. The van der Waals surface area contributed by atoms with Gasteiger partial charge in [0.25, 0.3) is 0 Å². The second-order valence-corrected chi connectivity index (χ2v) is 6.17. The molecule has 108 valence electrons. The highest BCUT2D eigenvalue weighted by atomic mass is 32.1. The van der Waals surface area contributed by atoms with Crippen molar-refractivity contribution in [2.45, 2.75) is 32.7 Å². The van der Waals surface area contributed by atoms with E-state index in [0.29, 0.717) is 12.0 Å². The summed E-state index contributed by atoms with van der Waals surface area (Å²) < 4.78 is 13.3. The van der Waals surface area contributed by atoms with Crippen molar-refractivity contribution >= 4 is 11.3 Å². The Hall–Kier alpha value is -1.26. The normalized spacial score (nSPS) is 12.8. The van der Waals surface area contributed by atoms with Crippen molar-refractivity contribution in [1.29, 1.82) is 0 Å². The maximum absolute atomic E-state index is 13.3. The zero-order valence-corrected chi connectivity index (χ0v) is 12.8. The number of hydrogen-bond acceptors (Lipinski definition) is 3. The highest BCUT2D eigenvalue weighted by molar-refractivity contribution is 7.07. The molecule has 0 bridgehead atoms. The molecule has 1 N–H and O–H groups in total. The lowest BCUT2D eigenvalue weighted by atomic mass is 9.94. The number of nitrogens with one attached hydrogen (secondary N) is 1. The molecule has 1 heterocycles. The maximum Gasteiger partial charge on any atom is 0.123 e. The zero-order chi connectivity index (χ0) is 14.4. The van der Waals surface area contributed by atoms with Crippen LogP contribution in [0.5, 0.6) is 0 Å². The molecular weight excluding hydrogens is 271 g/mol. The molecular formula is C16H21FN2S. The van der Waals surface area contributed by atoms with E-state index >= 15 is 0 Å². The van der Waals surface area contributed by atoms with Gasteiger partial charge in [-0.15, -0.1) is 11.3 Å². The molecule has 0 spiro atoms. The summed E-state index contributed by atoms with van der Waals surface area (Å²) in [6.45, 7) is 5.20. The molecule has 1 aromatic heterocycles. The molecule has 2 rings (SSSR count). The second kappa shape index (κ2) is 7.50. The maximum atomic E-state index is 13.3. The van der Waals surface area contributed by atoms with Gasteiger partial charge in [-0.25, -0.2) is 9.37 Å². The van der Waals surface area contributed by atoms with Gasteiger partial charge in [-0.2, -0.15) is 0 Å². The molecule has 0 aliphatic heterocycles. The molecule has 0 fully saturated rings. The third kappa shape index (κ3) is 5.02. The highest BCUT2D eigenvalue weighted by Gasteiger charge is 2.13.